The lowest BCUT2D eigenvalue weighted by Crippen LogP contribution is -2.49. The minimum atomic E-state index is -0.449. The van der Waals surface area contributed by atoms with E-state index in [1.165, 1.54) is 18.7 Å². The highest BCUT2D eigenvalue weighted by molar-refractivity contribution is 5.91. The second-order valence-corrected chi connectivity index (χ2v) is 8.80. The Balaban J connectivity index is 1.27. The minimum Gasteiger partial charge on any atom is -0.459 e. The first-order valence-corrected chi connectivity index (χ1v) is 11.6. The Morgan fingerprint density at radius 1 is 1.06 bits per heavy atom. The van der Waals surface area contributed by atoms with Crippen molar-refractivity contribution in [1.29, 1.82) is 0 Å². The minimum absolute atomic E-state index is 0.169. The van der Waals surface area contributed by atoms with Gasteiger partial charge in [-0.3, -0.25) is 14.9 Å². The summed E-state index contributed by atoms with van der Waals surface area (Å²) in [5.41, 5.74) is 2.12. The number of piperazine rings is 1. The predicted molar refractivity (Wildman–Crippen MR) is 129 cm³/mol. The number of aromatic amines is 1. The Labute approximate surface area is 204 Å². The number of rotatable bonds is 4. The molecule has 0 radical (unpaired) electrons. The van der Waals surface area contributed by atoms with Crippen LogP contribution in [0.1, 0.15) is 21.8 Å². The van der Waals surface area contributed by atoms with Crippen LogP contribution in [0.3, 0.4) is 0 Å². The Morgan fingerprint density at radius 2 is 1.83 bits per heavy atom. The third-order valence-electron chi connectivity index (χ3n) is 6.82. The number of hydrogen-bond donors (Lipinski definition) is 1. The Morgan fingerprint density at radius 3 is 2.56 bits per heavy atom. The number of carbonyl (C=O) groups excluding carboxylic acids is 1. The van der Waals surface area contributed by atoms with Crippen molar-refractivity contribution in [2.45, 2.75) is 13.0 Å². The SMILES string of the molecule is O=C(c1ccco1)N1CCN(c2ncnc(N3CCc4[nH]c5c(F)cccc5c4C3)c2[N+](=O)[O-])CC1. The molecule has 0 spiro atoms. The van der Waals surface area contributed by atoms with Gasteiger partial charge in [-0.15, -0.1) is 0 Å². The van der Waals surface area contributed by atoms with E-state index < -0.39 is 4.92 Å². The molecule has 2 aliphatic heterocycles. The standard InChI is InChI=1S/C24H22FN7O4/c25-17-4-1-3-15-16-13-31(7-6-18(16)28-20(15)17)23-21(32(34)35)22(26-14-27-23)29-8-10-30(11-9-29)24(33)19-5-2-12-36-19/h1-5,12,14,28H,6-11,13H2. The number of nitro groups is 1. The molecule has 184 valence electrons. The molecule has 0 unspecified atom stereocenters. The monoisotopic (exact) mass is 491 g/mol. The lowest BCUT2D eigenvalue weighted by Gasteiger charge is -2.35. The summed E-state index contributed by atoms with van der Waals surface area (Å²) in [4.78, 5) is 41.4. The molecule has 1 saturated heterocycles. The maximum absolute atomic E-state index is 14.3. The molecule has 12 heteroatoms. The van der Waals surface area contributed by atoms with Gasteiger partial charge in [-0.25, -0.2) is 14.4 Å². The summed E-state index contributed by atoms with van der Waals surface area (Å²) < 4.78 is 19.5. The second-order valence-electron chi connectivity index (χ2n) is 8.80. The Bertz CT molecular complexity index is 1460. The van der Waals surface area contributed by atoms with Crippen molar-refractivity contribution in [2.24, 2.45) is 0 Å². The molecule has 0 saturated carbocycles. The van der Waals surface area contributed by atoms with Crippen LogP contribution >= 0.6 is 0 Å². The molecule has 0 atom stereocenters. The highest BCUT2D eigenvalue weighted by Gasteiger charge is 2.34. The summed E-state index contributed by atoms with van der Waals surface area (Å²) in [5, 5.41) is 13.0. The fourth-order valence-corrected chi connectivity index (χ4v) is 5.05. The van der Waals surface area contributed by atoms with Gasteiger partial charge in [0.25, 0.3) is 5.91 Å². The van der Waals surface area contributed by atoms with E-state index in [1.54, 1.807) is 23.1 Å². The molecule has 5 heterocycles. The van der Waals surface area contributed by atoms with Crippen LogP contribution in [0.15, 0.2) is 47.3 Å². The van der Waals surface area contributed by atoms with E-state index in [0.717, 1.165) is 16.6 Å². The topological polar surface area (TPSA) is 125 Å². The van der Waals surface area contributed by atoms with Crippen LogP contribution < -0.4 is 9.80 Å². The largest absolute Gasteiger partial charge is 0.459 e. The lowest BCUT2D eigenvalue weighted by atomic mass is 10.0. The number of aromatic nitrogens is 3. The van der Waals surface area contributed by atoms with Gasteiger partial charge < -0.3 is 24.1 Å². The third kappa shape index (κ3) is 3.61. The van der Waals surface area contributed by atoms with Gasteiger partial charge in [0.15, 0.2) is 5.76 Å². The van der Waals surface area contributed by atoms with Crippen LogP contribution in [0.2, 0.25) is 0 Å². The number of halogens is 1. The normalized spacial score (nSPS) is 15.9. The van der Waals surface area contributed by atoms with Crippen molar-refractivity contribution in [3.8, 4) is 0 Å². The number of hydrogen-bond acceptors (Lipinski definition) is 8. The first-order valence-electron chi connectivity index (χ1n) is 11.6. The average Bonchev–Trinajstić information content (AvgIpc) is 3.57. The molecule has 0 bridgehead atoms. The predicted octanol–water partition coefficient (Wildman–Crippen LogP) is 3.12. The van der Waals surface area contributed by atoms with Crippen LogP contribution in [0.5, 0.6) is 0 Å². The van der Waals surface area contributed by atoms with E-state index in [4.69, 9.17) is 4.42 Å². The molecule has 1 amide bonds. The molecule has 4 aromatic rings. The van der Waals surface area contributed by atoms with E-state index in [2.05, 4.69) is 15.0 Å². The van der Waals surface area contributed by atoms with E-state index in [0.29, 0.717) is 51.2 Å². The molecule has 0 aliphatic carbocycles. The van der Waals surface area contributed by atoms with Crippen LogP contribution in [0.4, 0.5) is 21.7 Å². The zero-order valence-corrected chi connectivity index (χ0v) is 19.2. The molecule has 2 aliphatic rings. The number of amides is 1. The van der Waals surface area contributed by atoms with E-state index in [-0.39, 0.29) is 34.8 Å². The summed E-state index contributed by atoms with van der Waals surface area (Å²) in [6.07, 6.45) is 3.36. The Kier molecular flexibility index (Phi) is 5.28. The van der Waals surface area contributed by atoms with E-state index >= 15 is 0 Å². The zero-order chi connectivity index (χ0) is 24.8. The molecule has 1 fully saturated rings. The van der Waals surface area contributed by atoms with Gasteiger partial charge in [0, 0.05) is 62.3 Å². The zero-order valence-electron chi connectivity index (χ0n) is 19.2. The van der Waals surface area contributed by atoms with E-state index in [1.807, 2.05) is 15.9 Å². The first-order chi connectivity index (χ1) is 17.5. The Hall–Kier alpha value is -4.48. The van der Waals surface area contributed by atoms with Crippen molar-refractivity contribution in [1.82, 2.24) is 19.9 Å². The van der Waals surface area contributed by atoms with Crippen molar-refractivity contribution < 1.29 is 18.5 Å². The summed E-state index contributed by atoms with van der Waals surface area (Å²) in [6, 6.07) is 8.19. The van der Waals surface area contributed by atoms with Gasteiger partial charge in [-0.1, -0.05) is 12.1 Å². The van der Waals surface area contributed by atoms with Crippen molar-refractivity contribution in [3.05, 3.63) is 75.9 Å². The number of para-hydroxylation sites is 1. The number of fused-ring (bicyclic) bond motifs is 3. The number of benzene rings is 1. The lowest BCUT2D eigenvalue weighted by molar-refractivity contribution is -0.383. The fourth-order valence-electron chi connectivity index (χ4n) is 5.05. The maximum Gasteiger partial charge on any atom is 0.353 e. The molecule has 1 aromatic carbocycles. The highest BCUT2D eigenvalue weighted by Crippen LogP contribution is 2.38. The summed E-state index contributed by atoms with van der Waals surface area (Å²) in [5.74, 6) is 0.187. The van der Waals surface area contributed by atoms with Gasteiger partial charge in [-0.2, -0.15) is 0 Å². The average molecular weight is 491 g/mol. The van der Waals surface area contributed by atoms with Crippen LogP contribution in [0, 0.1) is 15.9 Å². The molecule has 6 rings (SSSR count). The van der Waals surface area contributed by atoms with Gasteiger partial charge in [0.05, 0.1) is 16.7 Å². The van der Waals surface area contributed by atoms with Crippen molar-refractivity contribution in [2.75, 3.05) is 42.5 Å². The van der Waals surface area contributed by atoms with Crippen molar-refractivity contribution >= 4 is 34.1 Å². The van der Waals surface area contributed by atoms with Gasteiger partial charge in [-0.05, 0) is 18.2 Å². The molecular weight excluding hydrogens is 469 g/mol. The molecule has 36 heavy (non-hydrogen) atoms. The number of anilines is 2. The van der Waals surface area contributed by atoms with Crippen molar-refractivity contribution in [3.63, 3.8) is 0 Å². The fraction of sp³-hybridized carbons (Fsp3) is 0.292. The smallest absolute Gasteiger partial charge is 0.353 e. The first kappa shape index (κ1) is 22.0. The molecule has 3 aromatic heterocycles. The number of nitrogens with zero attached hydrogens (tertiary/aromatic N) is 6. The molecular formula is C24H22FN7O4. The van der Waals surface area contributed by atoms with Crippen LogP contribution in [-0.4, -0.2) is 63.4 Å². The number of carbonyl (C=O) groups is 1. The maximum atomic E-state index is 14.3. The van der Waals surface area contributed by atoms with Gasteiger partial charge in [0.1, 0.15) is 12.1 Å². The summed E-state index contributed by atoms with van der Waals surface area (Å²) in [6.45, 7) is 2.38. The quantitative estimate of drug-likeness (QED) is 0.341. The van der Waals surface area contributed by atoms with Gasteiger partial charge >= 0.3 is 5.69 Å². The number of H-pyrrole nitrogens is 1. The van der Waals surface area contributed by atoms with Crippen LogP contribution in [-0.2, 0) is 13.0 Å². The number of nitrogens with one attached hydrogen (secondary N) is 1. The summed E-state index contributed by atoms with van der Waals surface area (Å²) in [7, 11) is 0. The summed E-state index contributed by atoms with van der Waals surface area (Å²) >= 11 is 0. The van der Waals surface area contributed by atoms with Crippen LogP contribution in [0.25, 0.3) is 10.9 Å². The third-order valence-corrected chi connectivity index (χ3v) is 6.82. The second kappa shape index (κ2) is 8.63. The molecule has 1 N–H and O–H groups in total. The highest BCUT2D eigenvalue weighted by atomic mass is 19.1. The number of furan rings is 1. The van der Waals surface area contributed by atoms with Gasteiger partial charge in [0.2, 0.25) is 11.6 Å². The molecule has 11 nitrogen and oxygen atoms in total. The van der Waals surface area contributed by atoms with E-state index in [9.17, 15) is 19.3 Å².